The number of rotatable bonds is 5. The second kappa shape index (κ2) is 6.70. The molecule has 0 amide bonds. The summed E-state index contributed by atoms with van der Waals surface area (Å²) < 4.78 is 26.3. The van der Waals surface area contributed by atoms with Crippen LogP contribution in [0, 0.1) is 0 Å². The van der Waals surface area contributed by atoms with E-state index >= 15 is 0 Å². The predicted octanol–water partition coefficient (Wildman–Crippen LogP) is 2.36. The van der Waals surface area contributed by atoms with E-state index < -0.39 is 11.0 Å². The Kier molecular flexibility index (Phi) is 5.18. The van der Waals surface area contributed by atoms with Gasteiger partial charge >= 0.3 is 0 Å². The van der Waals surface area contributed by atoms with Crippen molar-refractivity contribution in [3.8, 4) is 5.75 Å². The molecule has 1 aliphatic rings. The summed E-state index contributed by atoms with van der Waals surface area (Å²) in [4.78, 5) is 0. The Labute approximate surface area is 123 Å². The molecule has 1 unspecified atom stereocenters. The SMILES string of the molecule is COc1ccc(C2(NS(=O)C(C)C)CCOCC2)cc1. The van der Waals surface area contributed by atoms with Gasteiger partial charge in [0.15, 0.2) is 0 Å². The van der Waals surface area contributed by atoms with Gasteiger partial charge in [0.05, 0.1) is 23.6 Å². The van der Waals surface area contributed by atoms with Gasteiger partial charge in [0.25, 0.3) is 0 Å². The van der Waals surface area contributed by atoms with Crippen molar-refractivity contribution in [3.05, 3.63) is 29.8 Å². The van der Waals surface area contributed by atoms with Crippen LogP contribution < -0.4 is 9.46 Å². The third kappa shape index (κ3) is 3.40. The summed E-state index contributed by atoms with van der Waals surface area (Å²) in [7, 11) is 0.605. The third-order valence-corrected chi connectivity index (χ3v) is 5.16. The van der Waals surface area contributed by atoms with Crippen LogP contribution in [0.4, 0.5) is 0 Å². The van der Waals surface area contributed by atoms with E-state index in [9.17, 15) is 4.21 Å². The van der Waals surface area contributed by atoms with Crippen LogP contribution in [0.1, 0.15) is 32.3 Å². The van der Waals surface area contributed by atoms with Crippen LogP contribution in [0.3, 0.4) is 0 Å². The molecule has 0 aliphatic carbocycles. The minimum atomic E-state index is -1.05. The van der Waals surface area contributed by atoms with Crippen LogP contribution in [-0.2, 0) is 21.3 Å². The van der Waals surface area contributed by atoms with Crippen molar-refractivity contribution in [1.29, 1.82) is 0 Å². The zero-order chi connectivity index (χ0) is 14.6. The molecule has 1 aromatic carbocycles. The van der Waals surface area contributed by atoms with E-state index in [2.05, 4.69) is 16.9 Å². The summed E-state index contributed by atoms with van der Waals surface area (Å²) in [6.45, 7) is 5.30. The lowest BCUT2D eigenvalue weighted by Crippen LogP contribution is -2.48. The molecule has 1 aromatic rings. The molecule has 0 aromatic heterocycles. The molecule has 20 heavy (non-hydrogen) atoms. The maximum absolute atomic E-state index is 12.2. The lowest BCUT2D eigenvalue weighted by molar-refractivity contribution is 0.0463. The fraction of sp³-hybridized carbons (Fsp3) is 0.600. The van der Waals surface area contributed by atoms with Gasteiger partial charge in [-0.05, 0) is 44.4 Å². The molecular weight excluding hydrogens is 274 g/mol. The largest absolute Gasteiger partial charge is 0.497 e. The number of hydrogen-bond acceptors (Lipinski definition) is 3. The first-order valence-corrected chi connectivity index (χ1v) is 8.19. The Morgan fingerprint density at radius 1 is 1.25 bits per heavy atom. The lowest BCUT2D eigenvalue weighted by Gasteiger charge is -2.38. The number of hydrogen-bond donors (Lipinski definition) is 1. The van der Waals surface area contributed by atoms with Gasteiger partial charge in [-0.3, -0.25) is 0 Å². The normalized spacial score (nSPS) is 19.8. The Hall–Kier alpha value is -0.910. The average molecular weight is 297 g/mol. The standard InChI is InChI=1S/C15H23NO3S/c1-12(2)20(17)16-15(8-10-19-11-9-15)13-4-6-14(18-3)7-5-13/h4-7,12,16H,8-11H2,1-3H3. The predicted molar refractivity (Wildman–Crippen MR) is 81.1 cm³/mol. The number of methoxy groups -OCH3 is 1. The van der Waals surface area contributed by atoms with Gasteiger partial charge in [0.2, 0.25) is 0 Å². The minimum absolute atomic E-state index is 0.0907. The highest BCUT2D eigenvalue weighted by atomic mass is 32.2. The zero-order valence-corrected chi connectivity index (χ0v) is 13.2. The molecule has 0 saturated carbocycles. The number of ether oxygens (including phenoxy) is 2. The Bertz CT molecular complexity index is 453. The summed E-state index contributed by atoms with van der Waals surface area (Å²) in [5.74, 6) is 0.834. The Balaban J connectivity index is 2.27. The summed E-state index contributed by atoms with van der Waals surface area (Å²) in [6.07, 6.45) is 1.66. The molecule has 1 heterocycles. The molecule has 5 heteroatoms. The molecule has 1 atom stereocenters. The first-order valence-electron chi connectivity index (χ1n) is 6.98. The average Bonchev–Trinajstić information content (AvgIpc) is 2.48. The maximum Gasteiger partial charge on any atom is 0.118 e. The molecule has 0 spiro atoms. The van der Waals surface area contributed by atoms with Crippen LogP contribution in [0.5, 0.6) is 5.75 Å². The van der Waals surface area contributed by atoms with Crippen molar-refractivity contribution < 1.29 is 13.7 Å². The van der Waals surface area contributed by atoms with Crippen LogP contribution in [0.2, 0.25) is 0 Å². The molecule has 2 rings (SSSR count). The summed E-state index contributed by atoms with van der Waals surface area (Å²) in [5, 5.41) is 0.0907. The van der Waals surface area contributed by atoms with Crippen molar-refractivity contribution in [2.45, 2.75) is 37.5 Å². The highest BCUT2D eigenvalue weighted by molar-refractivity contribution is 7.83. The highest BCUT2D eigenvalue weighted by Gasteiger charge is 2.36. The van der Waals surface area contributed by atoms with Gasteiger partial charge < -0.3 is 9.47 Å². The van der Waals surface area contributed by atoms with Crippen LogP contribution >= 0.6 is 0 Å². The summed E-state index contributed by atoms with van der Waals surface area (Å²) in [6, 6.07) is 8.00. The highest BCUT2D eigenvalue weighted by Crippen LogP contribution is 2.33. The van der Waals surface area contributed by atoms with Crippen molar-refractivity contribution >= 4 is 11.0 Å². The van der Waals surface area contributed by atoms with Crippen molar-refractivity contribution in [2.24, 2.45) is 0 Å². The second-order valence-corrected chi connectivity index (χ2v) is 7.11. The van der Waals surface area contributed by atoms with Crippen LogP contribution in [-0.4, -0.2) is 29.8 Å². The molecule has 1 saturated heterocycles. The van der Waals surface area contributed by atoms with Gasteiger partial charge in [-0.2, -0.15) is 0 Å². The van der Waals surface area contributed by atoms with Crippen molar-refractivity contribution in [3.63, 3.8) is 0 Å². The van der Waals surface area contributed by atoms with Gasteiger partial charge in [-0.1, -0.05) is 12.1 Å². The molecule has 4 nitrogen and oxygen atoms in total. The lowest BCUT2D eigenvalue weighted by atomic mass is 9.84. The van der Waals surface area contributed by atoms with Crippen LogP contribution in [0.15, 0.2) is 24.3 Å². The Morgan fingerprint density at radius 3 is 2.35 bits per heavy atom. The van der Waals surface area contributed by atoms with E-state index in [-0.39, 0.29) is 10.8 Å². The zero-order valence-electron chi connectivity index (χ0n) is 12.3. The quantitative estimate of drug-likeness (QED) is 0.907. The molecule has 0 bridgehead atoms. The second-order valence-electron chi connectivity index (χ2n) is 5.37. The summed E-state index contributed by atoms with van der Waals surface area (Å²) in [5.41, 5.74) is 0.884. The van der Waals surface area contributed by atoms with E-state index in [1.165, 1.54) is 0 Å². The van der Waals surface area contributed by atoms with Gasteiger partial charge in [-0.15, -0.1) is 0 Å². The van der Waals surface area contributed by atoms with E-state index in [0.29, 0.717) is 13.2 Å². The maximum atomic E-state index is 12.2. The minimum Gasteiger partial charge on any atom is -0.497 e. The molecule has 1 N–H and O–H groups in total. The van der Waals surface area contributed by atoms with E-state index in [0.717, 1.165) is 24.2 Å². The van der Waals surface area contributed by atoms with Crippen LogP contribution in [0.25, 0.3) is 0 Å². The van der Waals surface area contributed by atoms with Gasteiger partial charge in [0, 0.05) is 18.5 Å². The van der Waals surface area contributed by atoms with E-state index in [4.69, 9.17) is 9.47 Å². The van der Waals surface area contributed by atoms with E-state index in [1.54, 1.807) is 7.11 Å². The molecule has 1 aliphatic heterocycles. The van der Waals surface area contributed by atoms with Crippen molar-refractivity contribution in [1.82, 2.24) is 4.72 Å². The molecular formula is C15H23NO3S. The molecule has 112 valence electrons. The monoisotopic (exact) mass is 297 g/mol. The molecule has 1 fully saturated rings. The third-order valence-electron chi connectivity index (χ3n) is 3.71. The Morgan fingerprint density at radius 2 is 1.85 bits per heavy atom. The smallest absolute Gasteiger partial charge is 0.118 e. The van der Waals surface area contributed by atoms with Gasteiger partial charge in [0.1, 0.15) is 5.75 Å². The topological polar surface area (TPSA) is 47.6 Å². The van der Waals surface area contributed by atoms with Gasteiger partial charge in [-0.25, -0.2) is 8.93 Å². The summed E-state index contributed by atoms with van der Waals surface area (Å²) >= 11 is 0. The fourth-order valence-electron chi connectivity index (χ4n) is 2.39. The molecule has 0 radical (unpaired) electrons. The van der Waals surface area contributed by atoms with Crippen molar-refractivity contribution in [2.75, 3.05) is 20.3 Å². The first-order chi connectivity index (χ1) is 9.57. The first kappa shape index (κ1) is 15.5. The fourth-order valence-corrected chi connectivity index (χ4v) is 3.33. The van der Waals surface area contributed by atoms with E-state index in [1.807, 2.05) is 26.0 Å². The number of nitrogens with one attached hydrogen (secondary N) is 1. The number of benzene rings is 1.